The van der Waals surface area contributed by atoms with Gasteiger partial charge in [0.2, 0.25) is 5.95 Å². The molecule has 0 radical (unpaired) electrons. The number of anilines is 1. The number of nitrogens with two attached hydrogens (primary N) is 1. The third kappa shape index (κ3) is 1.31. The molecule has 0 spiro atoms. The Morgan fingerprint density at radius 3 is 2.90 bits per heavy atom. The number of hydrogen-bond donors (Lipinski definition) is 1. The molecule has 0 fully saturated rings. The van der Waals surface area contributed by atoms with E-state index in [1.165, 1.54) is 0 Å². The van der Waals surface area contributed by atoms with E-state index < -0.39 is 0 Å². The maximum absolute atomic E-state index is 5.55. The number of imidazole rings is 1. The van der Waals surface area contributed by atoms with Crippen LogP contribution in [0.15, 0.2) is 10.8 Å². The molecular weight excluding hydrogens is 194 g/mol. The van der Waals surface area contributed by atoms with Gasteiger partial charge >= 0.3 is 0 Å². The summed E-state index contributed by atoms with van der Waals surface area (Å²) in [5, 5.41) is 0. The van der Waals surface area contributed by atoms with Gasteiger partial charge in [-0.1, -0.05) is 6.92 Å². The Morgan fingerprint density at radius 1 is 1.80 bits per heavy atom. The Hall–Kier alpha value is -0.510. The highest BCUT2D eigenvalue weighted by Crippen LogP contribution is 2.13. The molecule has 1 aromatic heterocycles. The first-order valence-corrected chi connectivity index (χ1v) is 4.01. The minimum atomic E-state index is 0.578. The topological polar surface area (TPSA) is 43.8 Å². The van der Waals surface area contributed by atoms with Crippen LogP contribution in [0.4, 0.5) is 5.95 Å². The molecule has 1 heterocycles. The van der Waals surface area contributed by atoms with Gasteiger partial charge in [-0.15, -0.1) is 0 Å². The lowest BCUT2D eigenvalue weighted by Crippen LogP contribution is -2.02. The van der Waals surface area contributed by atoms with Gasteiger partial charge < -0.3 is 10.3 Å². The van der Waals surface area contributed by atoms with Gasteiger partial charge in [-0.25, -0.2) is 4.98 Å². The monoisotopic (exact) mass is 203 g/mol. The lowest BCUT2D eigenvalue weighted by Gasteiger charge is -2.01. The number of nitrogens with zero attached hydrogens (tertiary/aromatic N) is 2. The van der Waals surface area contributed by atoms with Crippen LogP contribution >= 0.6 is 15.9 Å². The molecule has 4 heteroatoms. The summed E-state index contributed by atoms with van der Waals surface area (Å²) in [6.07, 6.45) is 2.78. The minimum Gasteiger partial charge on any atom is -0.369 e. The number of hydrogen-bond acceptors (Lipinski definition) is 2. The Labute approximate surface area is 68.4 Å². The van der Waals surface area contributed by atoms with Crippen LogP contribution in [-0.4, -0.2) is 9.55 Å². The molecule has 0 aromatic carbocycles. The highest BCUT2D eigenvalue weighted by Gasteiger charge is 2.01. The fourth-order valence-electron chi connectivity index (χ4n) is 0.813. The van der Waals surface area contributed by atoms with Crippen LogP contribution in [0.25, 0.3) is 0 Å². The summed E-state index contributed by atoms with van der Waals surface area (Å²) in [5.41, 5.74) is 5.55. The molecule has 0 bridgehead atoms. The van der Waals surface area contributed by atoms with E-state index in [9.17, 15) is 0 Å². The molecule has 3 nitrogen and oxygen atoms in total. The SMILES string of the molecule is CCCn1c(Br)cnc1N. The second kappa shape index (κ2) is 3.05. The molecule has 0 atom stereocenters. The quantitative estimate of drug-likeness (QED) is 0.795. The molecule has 1 aromatic rings. The molecule has 0 amide bonds. The van der Waals surface area contributed by atoms with Crippen molar-refractivity contribution in [3.05, 3.63) is 10.8 Å². The molecule has 1 rings (SSSR count). The van der Waals surface area contributed by atoms with Gasteiger partial charge in [0.25, 0.3) is 0 Å². The van der Waals surface area contributed by atoms with Crippen LogP contribution in [0.2, 0.25) is 0 Å². The summed E-state index contributed by atoms with van der Waals surface area (Å²) >= 11 is 3.34. The Kier molecular flexibility index (Phi) is 2.32. The molecule has 0 saturated carbocycles. The lowest BCUT2D eigenvalue weighted by atomic mass is 10.5. The molecule has 0 unspecified atom stereocenters. The molecule has 0 aliphatic carbocycles. The van der Waals surface area contributed by atoms with E-state index in [4.69, 9.17) is 5.73 Å². The second-order valence-corrected chi connectivity index (χ2v) is 2.90. The maximum atomic E-state index is 5.55. The standard InChI is InChI=1S/C6H10BrN3/c1-2-3-10-5(7)4-9-6(10)8/h4H,2-3H2,1H3,(H2,8,9). The van der Waals surface area contributed by atoms with Crippen LogP contribution in [0.5, 0.6) is 0 Å². The van der Waals surface area contributed by atoms with Crippen molar-refractivity contribution in [2.75, 3.05) is 5.73 Å². The summed E-state index contributed by atoms with van der Waals surface area (Å²) in [7, 11) is 0. The lowest BCUT2D eigenvalue weighted by molar-refractivity contribution is 0.676. The van der Waals surface area contributed by atoms with Gasteiger partial charge in [0.1, 0.15) is 4.60 Å². The average molecular weight is 204 g/mol. The van der Waals surface area contributed by atoms with Crippen molar-refractivity contribution in [2.24, 2.45) is 0 Å². The fourth-order valence-corrected chi connectivity index (χ4v) is 1.27. The van der Waals surface area contributed by atoms with Crippen molar-refractivity contribution < 1.29 is 0 Å². The number of halogens is 1. The van der Waals surface area contributed by atoms with E-state index in [0.717, 1.165) is 17.6 Å². The Morgan fingerprint density at radius 2 is 2.50 bits per heavy atom. The van der Waals surface area contributed by atoms with Crippen LogP contribution in [0.1, 0.15) is 13.3 Å². The number of rotatable bonds is 2. The van der Waals surface area contributed by atoms with Crippen molar-refractivity contribution in [1.82, 2.24) is 9.55 Å². The van der Waals surface area contributed by atoms with Crippen molar-refractivity contribution >= 4 is 21.9 Å². The normalized spacial score (nSPS) is 10.2. The van der Waals surface area contributed by atoms with Crippen LogP contribution < -0.4 is 5.73 Å². The van der Waals surface area contributed by atoms with Gasteiger partial charge in [0, 0.05) is 6.54 Å². The predicted octanol–water partition coefficient (Wildman–Crippen LogP) is 1.64. The number of nitrogen functional groups attached to an aromatic ring is 1. The summed E-state index contributed by atoms with van der Waals surface area (Å²) < 4.78 is 2.88. The average Bonchev–Trinajstić information content (AvgIpc) is 2.20. The zero-order valence-electron chi connectivity index (χ0n) is 5.84. The summed E-state index contributed by atoms with van der Waals surface area (Å²) in [6, 6.07) is 0. The molecule has 0 saturated heterocycles. The third-order valence-corrected chi connectivity index (χ3v) is 1.92. The fraction of sp³-hybridized carbons (Fsp3) is 0.500. The van der Waals surface area contributed by atoms with Gasteiger partial charge in [0.05, 0.1) is 6.20 Å². The predicted molar refractivity (Wildman–Crippen MR) is 44.6 cm³/mol. The highest BCUT2D eigenvalue weighted by atomic mass is 79.9. The van der Waals surface area contributed by atoms with E-state index in [-0.39, 0.29) is 0 Å². The van der Waals surface area contributed by atoms with Gasteiger partial charge in [-0.05, 0) is 22.4 Å². The first kappa shape index (κ1) is 7.60. The molecular formula is C6H10BrN3. The Bertz CT molecular complexity index is 199. The molecule has 0 aliphatic heterocycles. The van der Waals surface area contributed by atoms with Crippen molar-refractivity contribution in [3.63, 3.8) is 0 Å². The van der Waals surface area contributed by atoms with Gasteiger partial charge in [0.15, 0.2) is 0 Å². The third-order valence-electron chi connectivity index (χ3n) is 1.28. The second-order valence-electron chi connectivity index (χ2n) is 2.09. The van der Waals surface area contributed by atoms with Crippen molar-refractivity contribution in [2.45, 2.75) is 19.9 Å². The van der Waals surface area contributed by atoms with Crippen LogP contribution in [-0.2, 0) is 6.54 Å². The zero-order chi connectivity index (χ0) is 7.56. The van der Waals surface area contributed by atoms with Gasteiger partial charge in [-0.3, -0.25) is 0 Å². The van der Waals surface area contributed by atoms with E-state index in [2.05, 4.69) is 27.8 Å². The van der Waals surface area contributed by atoms with E-state index in [1.54, 1.807) is 6.20 Å². The van der Waals surface area contributed by atoms with E-state index >= 15 is 0 Å². The summed E-state index contributed by atoms with van der Waals surface area (Å²) in [5.74, 6) is 0.578. The zero-order valence-corrected chi connectivity index (χ0v) is 7.43. The molecule has 2 N–H and O–H groups in total. The number of aromatic nitrogens is 2. The summed E-state index contributed by atoms with van der Waals surface area (Å²) in [4.78, 5) is 3.93. The maximum Gasteiger partial charge on any atom is 0.201 e. The van der Waals surface area contributed by atoms with E-state index in [1.807, 2.05) is 4.57 Å². The smallest absolute Gasteiger partial charge is 0.201 e. The van der Waals surface area contributed by atoms with E-state index in [0.29, 0.717) is 5.95 Å². The van der Waals surface area contributed by atoms with Gasteiger partial charge in [-0.2, -0.15) is 0 Å². The highest BCUT2D eigenvalue weighted by molar-refractivity contribution is 9.10. The van der Waals surface area contributed by atoms with Crippen molar-refractivity contribution in [3.8, 4) is 0 Å². The van der Waals surface area contributed by atoms with Crippen molar-refractivity contribution in [1.29, 1.82) is 0 Å². The molecule has 10 heavy (non-hydrogen) atoms. The molecule has 0 aliphatic rings. The molecule has 56 valence electrons. The first-order valence-electron chi connectivity index (χ1n) is 3.22. The van der Waals surface area contributed by atoms with Crippen LogP contribution in [0, 0.1) is 0 Å². The summed E-state index contributed by atoms with van der Waals surface area (Å²) in [6.45, 7) is 3.03. The minimum absolute atomic E-state index is 0.578. The van der Waals surface area contributed by atoms with Crippen LogP contribution in [0.3, 0.4) is 0 Å². The Balaban J connectivity index is 2.87. The first-order chi connectivity index (χ1) is 4.75. The largest absolute Gasteiger partial charge is 0.369 e.